The van der Waals surface area contributed by atoms with Crippen LogP contribution in [0.3, 0.4) is 0 Å². The minimum absolute atomic E-state index is 0.275. The second-order valence-electron chi connectivity index (χ2n) is 6.40. The molecule has 6 nitrogen and oxygen atoms in total. The number of hydrogen-bond donors (Lipinski definition) is 0. The Balaban J connectivity index is 1.58. The third-order valence-corrected chi connectivity index (χ3v) is 7.18. The summed E-state index contributed by atoms with van der Waals surface area (Å²) in [5.74, 6) is 1.54. The molecule has 0 fully saturated rings. The van der Waals surface area contributed by atoms with Gasteiger partial charge in [-0.1, -0.05) is 53.2 Å². The molecule has 1 aromatic heterocycles. The highest BCUT2D eigenvalue weighted by molar-refractivity contribution is 7.98. The monoisotopic (exact) mass is 483 g/mol. The van der Waals surface area contributed by atoms with Crippen LogP contribution in [0.5, 0.6) is 0 Å². The van der Waals surface area contributed by atoms with Gasteiger partial charge in [0, 0.05) is 33.6 Å². The number of esters is 1. The van der Waals surface area contributed by atoms with Gasteiger partial charge < -0.3 is 9.30 Å². The summed E-state index contributed by atoms with van der Waals surface area (Å²) in [4.78, 5) is 11.5. The molecule has 3 aromatic rings. The van der Waals surface area contributed by atoms with Gasteiger partial charge in [-0.15, -0.1) is 10.2 Å². The summed E-state index contributed by atoms with van der Waals surface area (Å²) in [5.41, 5.74) is 2.33. The van der Waals surface area contributed by atoms with Crippen LogP contribution in [0, 0.1) is 0 Å². The first-order chi connectivity index (χ1) is 14.4. The lowest BCUT2D eigenvalue weighted by atomic mass is 10.1. The molecule has 0 aliphatic carbocycles. The number of aromatic nitrogens is 3. The molecule has 0 saturated heterocycles. The van der Waals surface area contributed by atoms with Crippen LogP contribution in [-0.2, 0) is 39.8 Å². The predicted octanol–water partition coefficient (Wildman–Crippen LogP) is 4.65. The molecule has 10 heteroatoms. The number of ether oxygens (including phenoxy) is 1. The third-order valence-electron chi connectivity index (χ3n) is 4.29. The van der Waals surface area contributed by atoms with E-state index in [1.54, 1.807) is 30.3 Å². The first kappa shape index (κ1) is 22.8. The SMILES string of the molecule is COC(=O)c1ccc(CSc2nnc(C[S@](=O)Cc3ccc(Cl)cc3Cl)n2C)cc1. The lowest BCUT2D eigenvalue weighted by Crippen LogP contribution is -2.06. The number of benzene rings is 2. The van der Waals surface area contributed by atoms with Crippen LogP contribution < -0.4 is 0 Å². The molecule has 0 saturated carbocycles. The fraction of sp³-hybridized carbons (Fsp3) is 0.250. The van der Waals surface area contributed by atoms with Gasteiger partial charge in [-0.3, -0.25) is 4.21 Å². The zero-order valence-corrected chi connectivity index (χ0v) is 19.4. The Morgan fingerprint density at radius 3 is 2.53 bits per heavy atom. The number of hydrogen-bond acceptors (Lipinski definition) is 6. The van der Waals surface area contributed by atoms with Crippen LogP contribution in [0.4, 0.5) is 0 Å². The first-order valence-corrected chi connectivity index (χ1v) is 12.1. The van der Waals surface area contributed by atoms with Crippen molar-refractivity contribution in [3.63, 3.8) is 0 Å². The van der Waals surface area contributed by atoms with Gasteiger partial charge in [0.05, 0.1) is 24.2 Å². The van der Waals surface area contributed by atoms with E-state index in [2.05, 4.69) is 10.2 Å². The van der Waals surface area contributed by atoms with Gasteiger partial charge in [-0.05, 0) is 35.4 Å². The summed E-state index contributed by atoms with van der Waals surface area (Å²) in [5, 5.41) is 10.2. The predicted molar refractivity (Wildman–Crippen MR) is 120 cm³/mol. The Kier molecular flexibility index (Phi) is 7.93. The maximum Gasteiger partial charge on any atom is 0.337 e. The van der Waals surface area contributed by atoms with E-state index in [1.165, 1.54) is 18.9 Å². The lowest BCUT2D eigenvalue weighted by Gasteiger charge is -2.06. The summed E-state index contributed by atoms with van der Waals surface area (Å²) in [6.45, 7) is 0. The van der Waals surface area contributed by atoms with Crippen LogP contribution in [0.2, 0.25) is 10.0 Å². The van der Waals surface area contributed by atoms with E-state index in [0.717, 1.165) is 16.3 Å². The number of methoxy groups -OCH3 is 1. The van der Waals surface area contributed by atoms with Crippen molar-refractivity contribution in [1.82, 2.24) is 14.8 Å². The van der Waals surface area contributed by atoms with Crippen LogP contribution in [0.25, 0.3) is 0 Å². The minimum Gasteiger partial charge on any atom is -0.465 e. The number of nitrogens with zero attached hydrogens (tertiary/aromatic N) is 3. The van der Waals surface area contributed by atoms with Gasteiger partial charge in [-0.25, -0.2) is 4.79 Å². The topological polar surface area (TPSA) is 74.1 Å². The Hall–Kier alpha value is -1.87. The number of halogens is 2. The molecule has 30 heavy (non-hydrogen) atoms. The van der Waals surface area contributed by atoms with Crippen LogP contribution in [-0.4, -0.2) is 32.1 Å². The van der Waals surface area contributed by atoms with E-state index >= 15 is 0 Å². The van der Waals surface area contributed by atoms with E-state index in [0.29, 0.717) is 32.9 Å². The lowest BCUT2D eigenvalue weighted by molar-refractivity contribution is 0.0600. The van der Waals surface area contributed by atoms with E-state index in [1.807, 2.05) is 23.7 Å². The molecule has 0 bridgehead atoms. The van der Waals surface area contributed by atoms with Crippen LogP contribution in [0.15, 0.2) is 47.6 Å². The molecule has 1 atom stereocenters. The van der Waals surface area contributed by atoms with Crippen molar-refractivity contribution in [3.05, 3.63) is 75.0 Å². The molecule has 0 radical (unpaired) electrons. The summed E-state index contributed by atoms with van der Waals surface area (Å²) >= 11 is 13.6. The zero-order valence-electron chi connectivity index (χ0n) is 16.3. The second-order valence-corrected chi connectivity index (χ2v) is 9.64. The minimum atomic E-state index is -1.19. The number of rotatable bonds is 8. The molecule has 0 aliphatic rings. The van der Waals surface area contributed by atoms with Crippen molar-refractivity contribution < 1.29 is 13.7 Å². The van der Waals surface area contributed by atoms with Crippen LogP contribution >= 0.6 is 35.0 Å². The van der Waals surface area contributed by atoms with Gasteiger partial charge in [0.25, 0.3) is 0 Å². The molecule has 0 spiro atoms. The Bertz CT molecular complexity index is 1070. The normalized spacial score (nSPS) is 12.0. The van der Waals surface area contributed by atoms with Gasteiger partial charge in [0.1, 0.15) is 5.82 Å². The molecule has 0 N–H and O–H groups in total. The van der Waals surface area contributed by atoms with Crippen molar-refractivity contribution >= 4 is 51.7 Å². The standard InChI is InChI=1S/C20H19Cl2N3O3S2/c1-25-18(12-30(27)11-15-7-8-16(21)9-17(15)22)23-24-20(25)29-10-13-3-5-14(6-4-13)19(26)28-2/h3-9H,10-12H2,1-2H3/t30-/m1/s1. The quantitative estimate of drug-likeness (QED) is 0.342. The molecule has 0 unspecified atom stereocenters. The summed E-state index contributed by atoms with van der Waals surface area (Å²) in [6, 6.07) is 12.4. The summed E-state index contributed by atoms with van der Waals surface area (Å²) < 4.78 is 19.1. The summed E-state index contributed by atoms with van der Waals surface area (Å²) in [6.07, 6.45) is 0. The van der Waals surface area contributed by atoms with Crippen molar-refractivity contribution in [2.24, 2.45) is 7.05 Å². The Morgan fingerprint density at radius 2 is 1.87 bits per heavy atom. The molecule has 0 amide bonds. The number of thioether (sulfide) groups is 1. The smallest absolute Gasteiger partial charge is 0.337 e. The Labute approximate surface area is 191 Å². The number of carbonyl (C=O) groups is 1. The van der Waals surface area contributed by atoms with Gasteiger partial charge in [0.2, 0.25) is 0 Å². The largest absolute Gasteiger partial charge is 0.465 e. The van der Waals surface area contributed by atoms with Crippen molar-refractivity contribution in [1.29, 1.82) is 0 Å². The molecule has 2 aromatic carbocycles. The fourth-order valence-corrected chi connectivity index (χ4v) is 5.29. The maximum absolute atomic E-state index is 12.6. The maximum atomic E-state index is 12.6. The van der Waals surface area contributed by atoms with E-state index < -0.39 is 10.8 Å². The van der Waals surface area contributed by atoms with Crippen molar-refractivity contribution in [3.8, 4) is 0 Å². The van der Waals surface area contributed by atoms with Crippen LogP contribution in [0.1, 0.15) is 27.3 Å². The molecule has 3 rings (SSSR count). The van der Waals surface area contributed by atoms with Gasteiger partial charge in [0.15, 0.2) is 5.16 Å². The molecule has 158 valence electrons. The summed E-state index contributed by atoms with van der Waals surface area (Å²) in [7, 11) is 2.02. The first-order valence-electron chi connectivity index (χ1n) is 8.84. The molecule has 0 aliphatic heterocycles. The van der Waals surface area contributed by atoms with Crippen molar-refractivity contribution in [2.75, 3.05) is 7.11 Å². The fourth-order valence-electron chi connectivity index (χ4n) is 2.61. The average molecular weight is 484 g/mol. The number of carbonyl (C=O) groups excluding carboxylic acids is 1. The van der Waals surface area contributed by atoms with Gasteiger partial charge in [-0.2, -0.15) is 0 Å². The molecule has 1 heterocycles. The average Bonchev–Trinajstić information content (AvgIpc) is 3.07. The second kappa shape index (κ2) is 10.4. The van der Waals surface area contributed by atoms with Crippen molar-refractivity contribution in [2.45, 2.75) is 22.4 Å². The Morgan fingerprint density at radius 1 is 1.13 bits per heavy atom. The van der Waals surface area contributed by atoms with E-state index in [9.17, 15) is 9.00 Å². The van der Waals surface area contributed by atoms with E-state index in [-0.39, 0.29) is 11.7 Å². The molecular formula is C20H19Cl2N3O3S2. The third kappa shape index (κ3) is 5.85. The highest BCUT2D eigenvalue weighted by Gasteiger charge is 2.14. The molecular weight excluding hydrogens is 465 g/mol. The van der Waals surface area contributed by atoms with E-state index in [4.69, 9.17) is 27.9 Å². The highest BCUT2D eigenvalue weighted by atomic mass is 35.5. The highest BCUT2D eigenvalue weighted by Crippen LogP contribution is 2.24. The van der Waals surface area contributed by atoms with Gasteiger partial charge >= 0.3 is 5.97 Å². The zero-order chi connectivity index (χ0) is 21.7.